The molecule has 0 fully saturated rings. The Morgan fingerprint density at radius 2 is 1.88 bits per heavy atom. The van der Waals surface area contributed by atoms with E-state index in [0.29, 0.717) is 18.0 Å². The molecule has 0 spiro atoms. The number of para-hydroxylation sites is 2. The maximum Gasteiger partial charge on any atom is 0.238 e. The maximum atomic E-state index is 12.3. The summed E-state index contributed by atoms with van der Waals surface area (Å²) >= 11 is 0. The van der Waals surface area contributed by atoms with Gasteiger partial charge in [-0.3, -0.25) is 14.5 Å². The van der Waals surface area contributed by atoms with Gasteiger partial charge in [-0.25, -0.2) is 0 Å². The van der Waals surface area contributed by atoms with Crippen molar-refractivity contribution in [3.63, 3.8) is 0 Å². The first-order valence-electron chi connectivity index (χ1n) is 8.63. The van der Waals surface area contributed by atoms with Crippen molar-refractivity contribution in [1.29, 1.82) is 5.26 Å². The van der Waals surface area contributed by atoms with Crippen LogP contribution in [0.1, 0.15) is 27.7 Å². The van der Waals surface area contributed by atoms with Gasteiger partial charge in [-0.1, -0.05) is 32.9 Å². The summed E-state index contributed by atoms with van der Waals surface area (Å²) in [6.45, 7) is 7.95. The van der Waals surface area contributed by atoms with Gasteiger partial charge in [-0.05, 0) is 31.5 Å². The largest absolute Gasteiger partial charge is 0.495 e. The molecule has 2 N–H and O–H groups in total. The lowest BCUT2D eigenvalue weighted by Crippen LogP contribution is -2.52. The molecule has 0 bridgehead atoms. The summed E-state index contributed by atoms with van der Waals surface area (Å²) in [5.41, 5.74) is -0.353. The van der Waals surface area contributed by atoms with Gasteiger partial charge in [-0.2, -0.15) is 5.26 Å². The van der Waals surface area contributed by atoms with Gasteiger partial charge in [0.25, 0.3) is 0 Å². The van der Waals surface area contributed by atoms with E-state index in [9.17, 15) is 14.9 Å². The van der Waals surface area contributed by atoms with Crippen LogP contribution in [0, 0.1) is 17.2 Å². The Balaban J connectivity index is 2.65. The Labute approximate surface area is 155 Å². The van der Waals surface area contributed by atoms with Crippen molar-refractivity contribution in [2.75, 3.05) is 32.1 Å². The molecule has 7 heteroatoms. The molecule has 1 atom stereocenters. The number of hydrogen-bond donors (Lipinski definition) is 2. The summed E-state index contributed by atoms with van der Waals surface area (Å²) in [7, 11) is 1.54. The zero-order valence-corrected chi connectivity index (χ0v) is 16.1. The minimum Gasteiger partial charge on any atom is -0.495 e. The molecule has 0 saturated carbocycles. The molecule has 1 aromatic carbocycles. The zero-order valence-electron chi connectivity index (χ0n) is 16.1. The summed E-state index contributed by atoms with van der Waals surface area (Å²) in [6, 6.07) is 9.27. The molecular formula is C19H28N4O3. The second-order valence-corrected chi connectivity index (χ2v) is 6.57. The van der Waals surface area contributed by atoms with E-state index < -0.39 is 5.54 Å². The number of methoxy groups -OCH3 is 1. The lowest BCUT2D eigenvalue weighted by Gasteiger charge is -2.29. The summed E-state index contributed by atoms with van der Waals surface area (Å²) in [5, 5.41) is 14.8. The normalized spacial score (nSPS) is 13.0. The molecule has 1 aromatic rings. The number of nitrogens with zero attached hydrogens (tertiary/aromatic N) is 2. The van der Waals surface area contributed by atoms with Gasteiger partial charge in [0, 0.05) is 0 Å². The summed E-state index contributed by atoms with van der Waals surface area (Å²) < 4.78 is 5.21. The number of hydrogen-bond acceptors (Lipinski definition) is 5. The molecule has 0 aromatic heterocycles. The second kappa shape index (κ2) is 9.78. The van der Waals surface area contributed by atoms with E-state index in [0.717, 1.165) is 0 Å². The van der Waals surface area contributed by atoms with Gasteiger partial charge < -0.3 is 15.4 Å². The molecule has 0 heterocycles. The zero-order chi connectivity index (χ0) is 19.7. The fourth-order valence-corrected chi connectivity index (χ4v) is 2.25. The van der Waals surface area contributed by atoms with Crippen molar-refractivity contribution in [3.05, 3.63) is 24.3 Å². The van der Waals surface area contributed by atoms with Gasteiger partial charge in [-0.15, -0.1) is 0 Å². The standard InChI is InChI=1S/C19H28N4O3/c1-6-23(12-18(25)22-19(4,13-20)14(2)3)11-17(24)21-15-9-7-8-10-16(15)26-5/h7-10,14H,6,11-12H2,1-5H3,(H,21,24)(H,22,25)/t19-/m0/s1. The number of carbonyl (C=O) groups excluding carboxylic acids is 2. The van der Waals surface area contributed by atoms with E-state index in [1.807, 2.05) is 26.8 Å². The first-order valence-corrected chi connectivity index (χ1v) is 8.63. The third-order valence-electron chi connectivity index (χ3n) is 4.35. The van der Waals surface area contributed by atoms with E-state index in [2.05, 4.69) is 16.7 Å². The Morgan fingerprint density at radius 3 is 2.42 bits per heavy atom. The van der Waals surface area contributed by atoms with Crippen LogP contribution in [-0.4, -0.2) is 49.0 Å². The Morgan fingerprint density at radius 1 is 1.27 bits per heavy atom. The van der Waals surface area contributed by atoms with Crippen molar-refractivity contribution in [2.24, 2.45) is 5.92 Å². The number of anilines is 1. The van der Waals surface area contributed by atoms with Crippen LogP contribution >= 0.6 is 0 Å². The minimum absolute atomic E-state index is 0.0274. The smallest absolute Gasteiger partial charge is 0.238 e. The topological polar surface area (TPSA) is 94.5 Å². The number of nitriles is 1. The van der Waals surface area contributed by atoms with Crippen LogP contribution < -0.4 is 15.4 Å². The fraction of sp³-hybridized carbons (Fsp3) is 0.526. The van der Waals surface area contributed by atoms with E-state index in [1.165, 1.54) is 7.11 Å². The molecule has 0 aliphatic heterocycles. The molecule has 26 heavy (non-hydrogen) atoms. The molecular weight excluding hydrogens is 332 g/mol. The first-order chi connectivity index (χ1) is 12.3. The van der Waals surface area contributed by atoms with Crippen LogP contribution in [0.3, 0.4) is 0 Å². The third-order valence-corrected chi connectivity index (χ3v) is 4.35. The molecule has 2 amide bonds. The average molecular weight is 360 g/mol. The quantitative estimate of drug-likeness (QED) is 0.702. The molecule has 7 nitrogen and oxygen atoms in total. The summed E-state index contributed by atoms with van der Waals surface area (Å²) in [4.78, 5) is 26.3. The van der Waals surface area contributed by atoms with Crippen LogP contribution in [-0.2, 0) is 9.59 Å². The van der Waals surface area contributed by atoms with Gasteiger partial charge in [0.15, 0.2) is 0 Å². The van der Waals surface area contributed by atoms with Gasteiger partial charge in [0.05, 0.1) is 32.0 Å². The summed E-state index contributed by atoms with van der Waals surface area (Å²) in [5.74, 6) is 0.0227. The third kappa shape index (κ3) is 6.05. The van der Waals surface area contributed by atoms with Crippen LogP contribution in [0.2, 0.25) is 0 Å². The second-order valence-electron chi connectivity index (χ2n) is 6.57. The monoisotopic (exact) mass is 360 g/mol. The average Bonchev–Trinajstić information content (AvgIpc) is 2.61. The first kappa shape index (κ1) is 21.5. The van der Waals surface area contributed by atoms with Crippen molar-refractivity contribution in [1.82, 2.24) is 10.2 Å². The summed E-state index contributed by atoms with van der Waals surface area (Å²) in [6.07, 6.45) is 0. The van der Waals surface area contributed by atoms with Gasteiger partial charge in [0.2, 0.25) is 11.8 Å². The molecule has 0 aliphatic carbocycles. The van der Waals surface area contributed by atoms with Crippen molar-refractivity contribution < 1.29 is 14.3 Å². The number of nitrogens with one attached hydrogen (secondary N) is 2. The lowest BCUT2D eigenvalue weighted by molar-refractivity contribution is -0.124. The van der Waals surface area contributed by atoms with Crippen molar-refractivity contribution >= 4 is 17.5 Å². The minimum atomic E-state index is -0.934. The van der Waals surface area contributed by atoms with Crippen LogP contribution in [0.5, 0.6) is 5.75 Å². The molecule has 142 valence electrons. The van der Waals surface area contributed by atoms with Crippen molar-refractivity contribution in [3.8, 4) is 11.8 Å². The maximum absolute atomic E-state index is 12.3. The Kier molecular flexibility index (Phi) is 8.07. The van der Waals surface area contributed by atoms with Crippen LogP contribution in [0.25, 0.3) is 0 Å². The number of amides is 2. The van der Waals surface area contributed by atoms with Crippen LogP contribution in [0.15, 0.2) is 24.3 Å². The lowest BCUT2D eigenvalue weighted by atomic mass is 9.90. The number of carbonyl (C=O) groups is 2. The molecule has 0 radical (unpaired) electrons. The molecule has 0 saturated heterocycles. The predicted molar refractivity (Wildman–Crippen MR) is 101 cm³/mol. The number of rotatable bonds is 9. The highest BCUT2D eigenvalue weighted by molar-refractivity contribution is 5.94. The number of ether oxygens (including phenoxy) is 1. The Bertz CT molecular complexity index is 669. The Hall–Kier alpha value is -2.59. The van der Waals surface area contributed by atoms with E-state index in [4.69, 9.17) is 4.74 Å². The highest BCUT2D eigenvalue weighted by atomic mass is 16.5. The highest BCUT2D eigenvalue weighted by Gasteiger charge is 2.30. The number of likely N-dealkylation sites (N-methyl/N-ethyl adjacent to an activating group) is 1. The predicted octanol–water partition coefficient (Wildman–Crippen LogP) is 2.01. The fourth-order valence-electron chi connectivity index (χ4n) is 2.25. The van der Waals surface area contributed by atoms with E-state index >= 15 is 0 Å². The van der Waals surface area contributed by atoms with Gasteiger partial charge in [0.1, 0.15) is 11.3 Å². The number of benzene rings is 1. The SMILES string of the molecule is CCN(CC(=O)Nc1ccccc1OC)CC(=O)N[C@@](C)(C#N)C(C)C. The molecule has 0 aliphatic rings. The molecule has 1 rings (SSSR count). The van der Waals surface area contributed by atoms with Gasteiger partial charge >= 0.3 is 0 Å². The van der Waals surface area contributed by atoms with E-state index in [-0.39, 0.29) is 30.8 Å². The van der Waals surface area contributed by atoms with E-state index in [1.54, 1.807) is 30.0 Å². The molecule has 0 unspecified atom stereocenters. The highest BCUT2D eigenvalue weighted by Crippen LogP contribution is 2.22. The van der Waals surface area contributed by atoms with Crippen molar-refractivity contribution in [2.45, 2.75) is 33.2 Å². The van der Waals surface area contributed by atoms with Crippen LogP contribution in [0.4, 0.5) is 5.69 Å².